The standard InChI is InChI=1S/C20H23NOS/c1-14(23-19-5-3-2-4-18(19)21)6-7-15-8-10-16(11-9-15)20(22)17-12-13-17/h2-5,8-11,14,17H,6-7,12-13,21H2,1H3. The lowest BCUT2D eigenvalue weighted by Crippen LogP contribution is -2.02. The van der Waals surface area contributed by atoms with Gasteiger partial charge in [-0.05, 0) is 43.4 Å². The van der Waals surface area contributed by atoms with E-state index in [9.17, 15) is 4.79 Å². The minimum atomic E-state index is 0.300. The van der Waals surface area contributed by atoms with Gasteiger partial charge in [0.2, 0.25) is 0 Å². The van der Waals surface area contributed by atoms with E-state index in [1.807, 2.05) is 42.1 Å². The Bertz CT molecular complexity index is 676. The van der Waals surface area contributed by atoms with E-state index in [0.717, 1.165) is 41.8 Å². The van der Waals surface area contributed by atoms with Crippen LogP contribution in [0.25, 0.3) is 0 Å². The summed E-state index contributed by atoms with van der Waals surface area (Å²) in [5.41, 5.74) is 9.02. The molecular weight excluding hydrogens is 302 g/mol. The Balaban J connectivity index is 1.51. The molecule has 2 nitrogen and oxygen atoms in total. The molecular formula is C20H23NOS. The number of para-hydroxylation sites is 1. The highest BCUT2D eigenvalue weighted by molar-refractivity contribution is 8.00. The summed E-state index contributed by atoms with van der Waals surface area (Å²) in [5.74, 6) is 0.619. The SMILES string of the molecule is CC(CCc1ccc(C(=O)C2CC2)cc1)Sc1ccccc1N. The van der Waals surface area contributed by atoms with E-state index in [1.165, 1.54) is 5.56 Å². The lowest BCUT2D eigenvalue weighted by Gasteiger charge is -2.13. The molecule has 1 aliphatic carbocycles. The molecule has 1 atom stereocenters. The molecule has 0 saturated heterocycles. The summed E-state index contributed by atoms with van der Waals surface area (Å²) in [7, 11) is 0. The van der Waals surface area contributed by atoms with Crippen LogP contribution >= 0.6 is 11.8 Å². The molecule has 0 heterocycles. The molecule has 0 radical (unpaired) electrons. The molecule has 1 aliphatic rings. The van der Waals surface area contributed by atoms with Crippen LogP contribution < -0.4 is 5.73 Å². The largest absolute Gasteiger partial charge is 0.398 e. The van der Waals surface area contributed by atoms with Crippen molar-refractivity contribution in [1.82, 2.24) is 0 Å². The Morgan fingerprint density at radius 1 is 1.17 bits per heavy atom. The van der Waals surface area contributed by atoms with Gasteiger partial charge in [-0.2, -0.15) is 0 Å². The molecule has 0 aromatic heterocycles. The molecule has 1 saturated carbocycles. The highest BCUT2D eigenvalue weighted by Gasteiger charge is 2.30. The van der Waals surface area contributed by atoms with Gasteiger partial charge < -0.3 is 5.73 Å². The van der Waals surface area contributed by atoms with Gasteiger partial charge in [-0.15, -0.1) is 11.8 Å². The maximum absolute atomic E-state index is 12.0. The number of benzene rings is 2. The molecule has 3 heteroatoms. The summed E-state index contributed by atoms with van der Waals surface area (Å²) in [6, 6.07) is 16.2. The molecule has 1 fully saturated rings. The predicted molar refractivity (Wildman–Crippen MR) is 98.0 cm³/mol. The van der Waals surface area contributed by atoms with E-state index in [1.54, 1.807) is 0 Å². The number of aryl methyl sites for hydroxylation is 1. The molecule has 0 bridgehead atoms. The van der Waals surface area contributed by atoms with Gasteiger partial charge in [-0.3, -0.25) is 4.79 Å². The highest BCUT2D eigenvalue weighted by Crippen LogP contribution is 2.33. The Kier molecular flexibility index (Phi) is 5.06. The average Bonchev–Trinajstić information content (AvgIpc) is 3.40. The van der Waals surface area contributed by atoms with Crippen LogP contribution in [0.5, 0.6) is 0 Å². The van der Waals surface area contributed by atoms with Crippen LogP contribution in [-0.2, 0) is 6.42 Å². The summed E-state index contributed by atoms with van der Waals surface area (Å²) >= 11 is 1.83. The molecule has 2 N–H and O–H groups in total. The van der Waals surface area contributed by atoms with Crippen molar-refractivity contribution in [3.05, 3.63) is 59.7 Å². The van der Waals surface area contributed by atoms with Crippen molar-refractivity contribution in [2.75, 3.05) is 5.73 Å². The van der Waals surface area contributed by atoms with Crippen molar-refractivity contribution in [2.24, 2.45) is 5.92 Å². The van der Waals surface area contributed by atoms with Crippen LogP contribution in [0.3, 0.4) is 0 Å². The van der Waals surface area contributed by atoms with Gasteiger partial charge in [-0.1, -0.05) is 43.3 Å². The second-order valence-corrected chi connectivity index (χ2v) is 7.82. The fraction of sp³-hybridized carbons (Fsp3) is 0.350. The number of thioether (sulfide) groups is 1. The van der Waals surface area contributed by atoms with Crippen LogP contribution in [0.1, 0.15) is 42.1 Å². The maximum atomic E-state index is 12.0. The van der Waals surface area contributed by atoms with Crippen LogP contribution in [0.4, 0.5) is 5.69 Å². The molecule has 0 spiro atoms. The number of ketones is 1. The van der Waals surface area contributed by atoms with Crippen molar-refractivity contribution in [2.45, 2.75) is 42.8 Å². The van der Waals surface area contributed by atoms with Crippen molar-refractivity contribution >= 4 is 23.2 Å². The van der Waals surface area contributed by atoms with Gasteiger partial charge >= 0.3 is 0 Å². The molecule has 3 rings (SSSR count). The predicted octanol–water partition coefficient (Wildman–Crippen LogP) is 4.97. The molecule has 0 amide bonds. The molecule has 0 aliphatic heterocycles. The summed E-state index contributed by atoms with van der Waals surface area (Å²) in [6.45, 7) is 2.24. The Labute approximate surface area is 142 Å². The van der Waals surface area contributed by atoms with E-state index < -0.39 is 0 Å². The quantitative estimate of drug-likeness (QED) is 0.444. The maximum Gasteiger partial charge on any atom is 0.165 e. The van der Waals surface area contributed by atoms with E-state index in [4.69, 9.17) is 5.73 Å². The third kappa shape index (κ3) is 4.38. The number of nitrogen functional groups attached to an aromatic ring is 1. The van der Waals surface area contributed by atoms with Gasteiger partial charge in [-0.25, -0.2) is 0 Å². The van der Waals surface area contributed by atoms with Crippen LogP contribution in [-0.4, -0.2) is 11.0 Å². The number of nitrogens with two attached hydrogens (primary N) is 1. The first-order chi connectivity index (χ1) is 11.1. The van der Waals surface area contributed by atoms with Crippen LogP contribution in [0, 0.1) is 5.92 Å². The lowest BCUT2D eigenvalue weighted by molar-refractivity contribution is 0.0967. The van der Waals surface area contributed by atoms with Gasteiger partial charge in [0.1, 0.15) is 0 Å². The second-order valence-electron chi connectivity index (χ2n) is 6.34. The van der Waals surface area contributed by atoms with Gasteiger partial charge in [0, 0.05) is 27.3 Å². The summed E-state index contributed by atoms with van der Waals surface area (Å²) in [5, 5.41) is 0.507. The third-order valence-corrected chi connectivity index (χ3v) is 5.54. The summed E-state index contributed by atoms with van der Waals surface area (Å²) < 4.78 is 0. The number of hydrogen-bond acceptors (Lipinski definition) is 3. The highest BCUT2D eigenvalue weighted by atomic mass is 32.2. The van der Waals surface area contributed by atoms with E-state index in [0.29, 0.717) is 17.0 Å². The smallest absolute Gasteiger partial charge is 0.165 e. The minimum absolute atomic E-state index is 0.300. The summed E-state index contributed by atoms with van der Waals surface area (Å²) in [6.07, 6.45) is 4.25. The molecule has 2 aromatic rings. The zero-order chi connectivity index (χ0) is 16.2. The average molecular weight is 325 g/mol. The zero-order valence-corrected chi connectivity index (χ0v) is 14.3. The monoisotopic (exact) mass is 325 g/mol. The number of hydrogen-bond donors (Lipinski definition) is 1. The van der Waals surface area contributed by atoms with Gasteiger partial charge in [0.05, 0.1) is 0 Å². The number of rotatable bonds is 7. The normalized spacial score (nSPS) is 15.3. The number of anilines is 1. The van der Waals surface area contributed by atoms with Crippen molar-refractivity contribution in [3.8, 4) is 0 Å². The first-order valence-corrected chi connectivity index (χ1v) is 9.16. The molecule has 2 aromatic carbocycles. The topological polar surface area (TPSA) is 43.1 Å². The minimum Gasteiger partial charge on any atom is -0.398 e. The first-order valence-electron chi connectivity index (χ1n) is 8.28. The Hall–Kier alpha value is -1.74. The van der Waals surface area contributed by atoms with Crippen LogP contribution in [0.15, 0.2) is 53.4 Å². The fourth-order valence-electron chi connectivity index (χ4n) is 2.65. The molecule has 1 unspecified atom stereocenters. The van der Waals surface area contributed by atoms with E-state index in [2.05, 4.69) is 25.1 Å². The zero-order valence-electron chi connectivity index (χ0n) is 13.5. The van der Waals surface area contributed by atoms with Gasteiger partial charge in [0.15, 0.2) is 5.78 Å². The Morgan fingerprint density at radius 3 is 2.52 bits per heavy atom. The van der Waals surface area contributed by atoms with Crippen LogP contribution in [0.2, 0.25) is 0 Å². The summed E-state index contributed by atoms with van der Waals surface area (Å²) in [4.78, 5) is 13.2. The second kappa shape index (κ2) is 7.22. The van der Waals surface area contributed by atoms with Crippen molar-refractivity contribution < 1.29 is 4.79 Å². The fourth-order valence-corrected chi connectivity index (χ4v) is 3.68. The van der Waals surface area contributed by atoms with Gasteiger partial charge in [0.25, 0.3) is 0 Å². The number of carbonyl (C=O) groups excluding carboxylic acids is 1. The first kappa shape index (κ1) is 16.1. The van der Waals surface area contributed by atoms with Crippen molar-refractivity contribution in [1.29, 1.82) is 0 Å². The number of Topliss-reactive ketones (excluding diaryl/α,β-unsaturated/α-hetero) is 1. The number of carbonyl (C=O) groups is 1. The lowest BCUT2D eigenvalue weighted by atomic mass is 10.0. The van der Waals surface area contributed by atoms with E-state index >= 15 is 0 Å². The molecule has 23 heavy (non-hydrogen) atoms. The third-order valence-electron chi connectivity index (χ3n) is 4.27. The molecule has 120 valence electrons. The van der Waals surface area contributed by atoms with Crippen molar-refractivity contribution in [3.63, 3.8) is 0 Å². The van der Waals surface area contributed by atoms with E-state index in [-0.39, 0.29) is 0 Å². The Morgan fingerprint density at radius 2 is 1.87 bits per heavy atom.